The summed E-state index contributed by atoms with van der Waals surface area (Å²) in [6.07, 6.45) is 3.66. The second kappa shape index (κ2) is 10.1. The van der Waals surface area contributed by atoms with Gasteiger partial charge in [0.25, 0.3) is 0 Å². The zero-order chi connectivity index (χ0) is 27.1. The fraction of sp³-hybridized carbons (Fsp3) is 0.188. The lowest BCUT2D eigenvalue weighted by Gasteiger charge is -2.32. The maximum absolute atomic E-state index is 11.6. The third-order valence-corrected chi connectivity index (χ3v) is 7.97. The van der Waals surface area contributed by atoms with E-state index in [0.29, 0.717) is 17.4 Å². The summed E-state index contributed by atoms with van der Waals surface area (Å²) in [5.41, 5.74) is 14.9. The van der Waals surface area contributed by atoms with Crippen molar-refractivity contribution in [3.8, 4) is 22.4 Å². The number of nitrogens with two attached hydrogens (primary N) is 1. The molecular formula is C32H29N7O. The first-order valence-corrected chi connectivity index (χ1v) is 13.6. The molecule has 6 aromatic rings. The van der Waals surface area contributed by atoms with Crippen LogP contribution >= 0.6 is 0 Å². The largest absolute Gasteiger partial charge is 0.383 e. The lowest BCUT2D eigenvalue weighted by molar-refractivity contribution is 0.204. The van der Waals surface area contributed by atoms with E-state index < -0.39 is 0 Å². The molecule has 4 N–H and O–H groups in total. The minimum absolute atomic E-state index is 0.153. The number of imidazole rings is 1. The quantitative estimate of drug-likeness (QED) is 0.273. The Morgan fingerprint density at radius 2 is 1.62 bits per heavy atom. The zero-order valence-corrected chi connectivity index (χ0v) is 22.0. The molecule has 0 amide bonds. The normalized spacial score (nSPS) is 14.7. The number of benzene rings is 3. The number of nitrogens with zero attached hydrogens (tertiary/aromatic N) is 4. The average Bonchev–Trinajstić information content (AvgIpc) is 3.37. The molecule has 0 aliphatic carbocycles. The Kier molecular flexibility index (Phi) is 6.09. The summed E-state index contributed by atoms with van der Waals surface area (Å²) in [6, 6.07) is 27.3. The van der Waals surface area contributed by atoms with Crippen LogP contribution in [-0.4, -0.2) is 42.9 Å². The van der Waals surface area contributed by atoms with E-state index in [1.54, 1.807) is 0 Å². The summed E-state index contributed by atoms with van der Waals surface area (Å²) in [6.45, 7) is 3.00. The number of hydrogen-bond acceptors (Lipinski definition) is 6. The number of hydrogen-bond donors (Lipinski definition) is 3. The van der Waals surface area contributed by atoms with E-state index in [4.69, 9.17) is 10.7 Å². The van der Waals surface area contributed by atoms with Crippen LogP contribution in [0.15, 0.2) is 90.0 Å². The Balaban J connectivity index is 1.09. The lowest BCUT2D eigenvalue weighted by Crippen LogP contribution is -2.32. The Morgan fingerprint density at radius 3 is 2.42 bits per heavy atom. The number of aromatic nitrogens is 5. The van der Waals surface area contributed by atoms with Crippen molar-refractivity contribution < 1.29 is 0 Å². The molecule has 4 heterocycles. The SMILES string of the molecule is Nc1ncnc2nc(-c3ccc(CN4CCC(c5ccc6[nH]c(=O)[nH]c6c5)CC4)cc3)c(-c3ccccc3)cc12. The van der Waals surface area contributed by atoms with Gasteiger partial charge in [0.05, 0.1) is 22.1 Å². The molecule has 0 saturated carbocycles. The molecule has 7 rings (SSSR count). The number of anilines is 1. The summed E-state index contributed by atoms with van der Waals surface area (Å²) in [5, 5.41) is 0.756. The Bertz CT molecular complexity index is 1870. The minimum atomic E-state index is -0.153. The lowest BCUT2D eigenvalue weighted by atomic mass is 9.89. The molecule has 0 unspecified atom stereocenters. The highest BCUT2D eigenvalue weighted by molar-refractivity contribution is 5.94. The first-order valence-electron chi connectivity index (χ1n) is 13.6. The van der Waals surface area contributed by atoms with Crippen LogP contribution in [0.2, 0.25) is 0 Å². The molecule has 1 aliphatic rings. The Hall–Kier alpha value is -4.82. The summed E-state index contributed by atoms with van der Waals surface area (Å²) >= 11 is 0. The summed E-state index contributed by atoms with van der Waals surface area (Å²) in [4.78, 5) is 33.3. The van der Waals surface area contributed by atoms with Gasteiger partial charge in [0, 0.05) is 17.7 Å². The van der Waals surface area contributed by atoms with E-state index in [2.05, 4.69) is 73.4 Å². The van der Waals surface area contributed by atoms with Gasteiger partial charge in [-0.1, -0.05) is 60.7 Å². The third kappa shape index (κ3) is 4.63. The topological polar surface area (TPSA) is 117 Å². The fourth-order valence-corrected chi connectivity index (χ4v) is 5.82. The van der Waals surface area contributed by atoms with Crippen LogP contribution in [0, 0.1) is 0 Å². The van der Waals surface area contributed by atoms with Crippen molar-refractivity contribution in [3.63, 3.8) is 0 Å². The zero-order valence-electron chi connectivity index (χ0n) is 22.0. The summed E-state index contributed by atoms with van der Waals surface area (Å²) < 4.78 is 0. The van der Waals surface area contributed by atoms with Crippen molar-refractivity contribution in [1.29, 1.82) is 0 Å². The van der Waals surface area contributed by atoms with Crippen LogP contribution in [0.25, 0.3) is 44.5 Å². The van der Waals surface area contributed by atoms with E-state index in [1.807, 2.05) is 30.3 Å². The maximum Gasteiger partial charge on any atom is 0.323 e. The highest BCUT2D eigenvalue weighted by Gasteiger charge is 2.21. The van der Waals surface area contributed by atoms with Crippen LogP contribution < -0.4 is 11.4 Å². The van der Waals surface area contributed by atoms with Gasteiger partial charge in [-0.25, -0.2) is 19.7 Å². The van der Waals surface area contributed by atoms with E-state index in [-0.39, 0.29) is 5.69 Å². The van der Waals surface area contributed by atoms with Gasteiger partial charge in [0.2, 0.25) is 0 Å². The van der Waals surface area contributed by atoms with Gasteiger partial charge in [-0.05, 0) is 66.7 Å². The second-order valence-electron chi connectivity index (χ2n) is 10.5. The standard InChI is InChI=1S/C32H29N7O/c33-30-26-17-25(22-4-2-1-3-5-22)29(38-31(26)35-19-34-30)23-8-6-20(7-9-23)18-39-14-12-21(13-15-39)24-10-11-27-28(16-24)37-32(40)36-27/h1-11,16-17,19,21H,12-15,18H2,(H2,36,37,40)(H2,33,34,35,38). The van der Waals surface area contributed by atoms with E-state index in [0.717, 1.165) is 71.3 Å². The van der Waals surface area contributed by atoms with Crippen LogP contribution in [-0.2, 0) is 6.54 Å². The molecule has 40 heavy (non-hydrogen) atoms. The molecule has 0 bridgehead atoms. The number of likely N-dealkylation sites (tertiary alicyclic amines) is 1. The predicted molar refractivity (Wildman–Crippen MR) is 159 cm³/mol. The van der Waals surface area contributed by atoms with Gasteiger partial charge in [-0.15, -0.1) is 0 Å². The smallest absolute Gasteiger partial charge is 0.323 e. The number of rotatable bonds is 5. The van der Waals surface area contributed by atoms with Crippen LogP contribution in [0.4, 0.5) is 5.82 Å². The molecule has 198 valence electrons. The number of pyridine rings is 1. The molecule has 1 saturated heterocycles. The van der Waals surface area contributed by atoms with Gasteiger partial charge in [-0.3, -0.25) is 4.90 Å². The maximum atomic E-state index is 11.6. The third-order valence-electron chi connectivity index (χ3n) is 7.97. The second-order valence-corrected chi connectivity index (χ2v) is 10.5. The molecule has 8 heteroatoms. The number of H-pyrrole nitrogens is 2. The van der Waals surface area contributed by atoms with E-state index in [1.165, 1.54) is 17.5 Å². The van der Waals surface area contributed by atoms with Crippen molar-refractivity contribution >= 4 is 27.9 Å². The molecular weight excluding hydrogens is 498 g/mol. The van der Waals surface area contributed by atoms with Crippen molar-refractivity contribution in [3.05, 3.63) is 107 Å². The van der Waals surface area contributed by atoms with Gasteiger partial charge < -0.3 is 15.7 Å². The van der Waals surface area contributed by atoms with Crippen LogP contribution in [0.3, 0.4) is 0 Å². The fourth-order valence-electron chi connectivity index (χ4n) is 5.82. The Morgan fingerprint density at radius 1 is 0.850 bits per heavy atom. The van der Waals surface area contributed by atoms with Crippen LogP contribution in [0.1, 0.15) is 29.9 Å². The van der Waals surface area contributed by atoms with Gasteiger partial charge in [-0.2, -0.15) is 0 Å². The molecule has 8 nitrogen and oxygen atoms in total. The molecule has 3 aromatic carbocycles. The summed E-state index contributed by atoms with van der Waals surface area (Å²) in [7, 11) is 0. The highest BCUT2D eigenvalue weighted by Crippen LogP contribution is 2.35. The number of aromatic amines is 2. The van der Waals surface area contributed by atoms with Crippen molar-refractivity contribution in [1.82, 2.24) is 29.8 Å². The average molecular weight is 528 g/mol. The van der Waals surface area contributed by atoms with Gasteiger partial charge in [0.15, 0.2) is 5.65 Å². The van der Waals surface area contributed by atoms with Crippen molar-refractivity contribution in [2.75, 3.05) is 18.8 Å². The molecule has 1 aliphatic heterocycles. The first kappa shape index (κ1) is 24.2. The van der Waals surface area contributed by atoms with Gasteiger partial charge >= 0.3 is 5.69 Å². The molecule has 0 radical (unpaired) electrons. The monoisotopic (exact) mass is 527 g/mol. The molecule has 1 fully saturated rings. The number of piperidine rings is 1. The van der Waals surface area contributed by atoms with Crippen molar-refractivity contribution in [2.45, 2.75) is 25.3 Å². The summed E-state index contributed by atoms with van der Waals surface area (Å²) in [5.74, 6) is 0.940. The molecule has 0 atom stereocenters. The van der Waals surface area contributed by atoms with E-state index >= 15 is 0 Å². The number of fused-ring (bicyclic) bond motifs is 2. The molecule has 0 spiro atoms. The Labute approximate surface area is 230 Å². The number of nitrogens with one attached hydrogen (secondary N) is 2. The van der Waals surface area contributed by atoms with Crippen molar-refractivity contribution in [2.24, 2.45) is 0 Å². The van der Waals surface area contributed by atoms with Crippen LogP contribution in [0.5, 0.6) is 0 Å². The minimum Gasteiger partial charge on any atom is -0.383 e. The molecule has 3 aromatic heterocycles. The van der Waals surface area contributed by atoms with E-state index in [9.17, 15) is 4.79 Å². The number of nitrogen functional groups attached to an aromatic ring is 1. The highest BCUT2D eigenvalue weighted by atomic mass is 16.1. The predicted octanol–water partition coefficient (Wildman–Crippen LogP) is 5.49. The van der Waals surface area contributed by atoms with Gasteiger partial charge in [0.1, 0.15) is 12.1 Å². The first-order chi connectivity index (χ1) is 19.6.